The Labute approximate surface area is 207 Å². The number of nitrogens with one attached hydrogen (secondary N) is 1. The molecule has 1 spiro atoms. The molecule has 2 aliphatic rings. The molecular weight excluding hydrogens is 451 g/mol. The predicted octanol–water partition coefficient (Wildman–Crippen LogP) is 6.59. The van der Waals surface area contributed by atoms with E-state index in [4.69, 9.17) is 4.74 Å². The van der Waals surface area contributed by atoms with Crippen LogP contribution in [0.1, 0.15) is 22.3 Å². The molecule has 1 unspecified atom stereocenters. The maximum atomic E-state index is 14.7. The number of ether oxygens (including phenoxy) is 1. The Morgan fingerprint density at radius 1 is 0.833 bits per heavy atom. The molecule has 1 atom stereocenters. The van der Waals surface area contributed by atoms with Crippen molar-refractivity contribution in [1.29, 1.82) is 0 Å². The van der Waals surface area contributed by atoms with Gasteiger partial charge in [0.05, 0.1) is 0 Å². The van der Waals surface area contributed by atoms with Gasteiger partial charge < -0.3 is 15.0 Å². The second kappa shape index (κ2) is 7.39. The molecule has 4 nitrogen and oxygen atoms in total. The Balaban J connectivity index is 1.67. The number of nitrogens with zero attached hydrogens (tertiary/aromatic N) is 1. The molecule has 0 bridgehead atoms. The highest BCUT2D eigenvalue weighted by Gasteiger charge is 2.55. The number of rotatable bonds is 2. The minimum atomic E-state index is -1.23. The van der Waals surface area contributed by atoms with Crippen molar-refractivity contribution in [1.82, 2.24) is 4.90 Å². The zero-order valence-electron chi connectivity index (χ0n) is 19.9. The van der Waals surface area contributed by atoms with Crippen LogP contribution in [-0.2, 0) is 16.8 Å². The highest BCUT2D eigenvalue weighted by molar-refractivity contribution is 6.15. The molecule has 36 heavy (non-hydrogen) atoms. The zero-order chi connectivity index (χ0) is 24.6. The third-order valence-corrected chi connectivity index (χ3v) is 7.44. The first-order chi connectivity index (χ1) is 17.5. The van der Waals surface area contributed by atoms with Crippen LogP contribution >= 0.6 is 0 Å². The maximum Gasteiger partial charge on any atom is 0.244 e. The molecule has 7 rings (SSSR count). The normalized spacial score (nSPS) is 17.7. The van der Waals surface area contributed by atoms with E-state index in [1.54, 1.807) is 6.07 Å². The van der Waals surface area contributed by atoms with Crippen molar-refractivity contribution in [3.63, 3.8) is 0 Å². The molecule has 1 N–H and O–H groups in total. The molecule has 0 aromatic heterocycles. The van der Waals surface area contributed by atoms with Crippen molar-refractivity contribution >= 4 is 33.1 Å². The summed E-state index contributed by atoms with van der Waals surface area (Å²) in [6.45, 7) is 0.712. The van der Waals surface area contributed by atoms with Crippen LogP contribution in [-0.4, -0.2) is 24.9 Å². The van der Waals surface area contributed by atoms with Gasteiger partial charge in [0.25, 0.3) is 0 Å². The number of hydrogen-bond acceptors (Lipinski definition) is 3. The summed E-state index contributed by atoms with van der Waals surface area (Å²) in [5, 5.41) is 6.98. The van der Waals surface area contributed by atoms with Gasteiger partial charge in [-0.05, 0) is 48.6 Å². The first-order valence-electron chi connectivity index (χ1n) is 12.0. The van der Waals surface area contributed by atoms with Gasteiger partial charge in [-0.15, -0.1) is 0 Å². The van der Waals surface area contributed by atoms with Crippen LogP contribution in [0.2, 0.25) is 0 Å². The van der Waals surface area contributed by atoms with Gasteiger partial charge in [-0.1, -0.05) is 66.7 Å². The summed E-state index contributed by atoms with van der Waals surface area (Å²) in [7, 11) is 4.06. The molecule has 176 valence electrons. The van der Waals surface area contributed by atoms with Gasteiger partial charge in [-0.2, -0.15) is 0 Å². The summed E-state index contributed by atoms with van der Waals surface area (Å²) in [5.41, 5.74) is 2.55. The molecule has 1 amide bonds. The van der Waals surface area contributed by atoms with Crippen LogP contribution in [0.25, 0.3) is 21.5 Å². The maximum absolute atomic E-state index is 14.7. The van der Waals surface area contributed by atoms with Crippen molar-refractivity contribution in [3.05, 3.63) is 113 Å². The van der Waals surface area contributed by atoms with Crippen molar-refractivity contribution in [2.45, 2.75) is 12.0 Å². The molecule has 2 heterocycles. The molecule has 5 heteroatoms. The zero-order valence-corrected chi connectivity index (χ0v) is 19.9. The monoisotopic (exact) mass is 474 g/mol. The van der Waals surface area contributed by atoms with Crippen LogP contribution in [0, 0.1) is 5.82 Å². The molecular formula is C31H23FN2O2. The lowest BCUT2D eigenvalue weighted by molar-refractivity contribution is -0.118. The van der Waals surface area contributed by atoms with Crippen molar-refractivity contribution < 1.29 is 13.9 Å². The molecule has 5 aromatic carbocycles. The third kappa shape index (κ3) is 2.69. The smallest absolute Gasteiger partial charge is 0.244 e. The van der Waals surface area contributed by atoms with E-state index in [9.17, 15) is 9.18 Å². The fraction of sp³-hybridized carbons (Fsp3) is 0.129. The lowest BCUT2D eigenvalue weighted by Crippen LogP contribution is -2.39. The van der Waals surface area contributed by atoms with Crippen LogP contribution in [0.3, 0.4) is 0 Å². The lowest BCUT2D eigenvalue weighted by atomic mass is 9.67. The van der Waals surface area contributed by atoms with Crippen LogP contribution in [0.5, 0.6) is 11.5 Å². The summed E-state index contributed by atoms with van der Waals surface area (Å²) >= 11 is 0. The van der Waals surface area contributed by atoms with E-state index in [1.165, 1.54) is 12.1 Å². The summed E-state index contributed by atoms with van der Waals surface area (Å²) in [4.78, 5) is 16.2. The largest absolute Gasteiger partial charge is 0.455 e. The third-order valence-electron chi connectivity index (χ3n) is 7.44. The number of halogens is 1. The highest BCUT2D eigenvalue weighted by atomic mass is 19.1. The van der Waals surface area contributed by atoms with Gasteiger partial charge in [0, 0.05) is 39.7 Å². The number of carbonyl (C=O) groups is 1. The fourth-order valence-corrected chi connectivity index (χ4v) is 6.00. The predicted molar refractivity (Wildman–Crippen MR) is 140 cm³/mol. The van der Waals surface area contributed by atoms with Crippen LogP contribution < -0.4 is 10.1 Å². The summed E-state index contributed by atoms with van der Waals surface area (Å²) < 4.78 is 21.5. The van der Waals surface area contributed by atoms with E-state index >= 15 is 0 Å². The first-order valence-corrected chi connectivity index (χ1v) is 12.0. The van der Waals surface area contributed by atoms with Gasteiger partial charge in [-0.3, -0.25) is 4.79 Å². The number of anilines is 1. The number of fused-ring (bicyclic) bond motifs is 10. The molecule has 0 saturated heterocycles. The van der Waals surface area contributed by atoms with Gasteiger partial charge in [0.2, 0.25) is 5.91 Å². The average molecular weight is 475 g/mol. The molecule has 0 fully saturated rings. The Bertz CT molecular complexity index is 1740. The average Bonchev–Trinajstić information content (AvgIpc) is 3.15. The minimum Gasteiger partial charge on any atom is -0.455 e. The molecule has 0 radical (unpaired) electrons. The summed E-state index contributed by atoms with van der Waals surface area (Å²) in [5.74, 6) is 0.712. The van der Waals surface area contributed by atoms with E-state index in [0.29, 0.717) is 29.3 Å². The summed E-state index contributed by atoms with van der Waals surface area (Å²) in [6.07, 6.45) is 0. The van der Waals surface area contributed by atoms with Crippen molar-refractivity contribution in [3.8, 4) is 11.5 Å². The van der Waals surface area contributed by atoms with Gasteiger partial charge in [-0.25, -0.2) is 4.39 Å². The topological polar surface area (TPSA) is 41.6 Å². The Kier molecular flexibility index (Phi) is 4.33. The first kappa shape index (κ1) is 21.1. The molecule has 2 aliphatic heterocycles. The number of hydrogen-bond donors (Lipinski definition) is 1. The Hall–Kier alpha value is -4.22. The van der Waals surface area contributed by atoms with Crippen LogP contribution in [0.4, 0.5) is 10.1 Å². The Morgan fingerprint density at radius 3 is 2.42 bits per heavy atom. The highest BCUT2D eigenvalue weighted by Crippen LogP contribution is 2.59. The molecule has 5 aromatic rings. The lowest BCUT2D eigenvalue weighted by Gasteiger charge is -2.37. The van der Waals surface area contributed by atoms with E-state index in [0.717, 1.165) is 38.2 Å². The van der Waals surface area contributed by atoms with Gasteiger partial charge in [0.1, 0.15) is 22.7 Å². The standard InChI is InChI=1S/C31H23FN2O2/c1-34(2)17-20-8-5-7-19-11-14-24-29(27(19)20)36-28-22-9-4-3-6-18(22)10-13-23(28)31(24)25-16-21(32)12-15-26(25)33-30(31)35/h3-16H,17H2,1-2H3,(H,33,35). The van der Waals surface area contributed by atoms with Gasteiger partial charge >= 0.3 is 0 Å². The van der Waals surface area contributed by atoms with E-state index in [2.05, 4.69) is 22.3 Å². The fourth-order valence-electron chi connectivity index (χ4n) is 6.00. The van der Waals surface area contributed by atoms with E-state index < -0.39 is 5.41 Å². The van der Waals surface area contributed by atoms with E-state index in [-0.39, 0.29) is 11.7 Å². The Morgan fingerprint density at radius 2 is 1.58 bits per heavy atom. The quantitative estimate of drug-likeness (QED) is 0.314. The van der Waals surface area contributed by atoms with Gasteiger partial charge in [0.15, 0.2) is 0 Å². The number of benzene rings is 5. The number of carbonyl (C=O) groups excluding carboxylic acids is 1. The van der Waals surface area contributed by atoms with E-state index in [1.807, 2.05) is 68.7 Å². The molecule has 0 aliphatic carbocycles. The van der Waals surface area contributed by atoms with Crippen molar-refractivity contribution in [2.24, 2.45) is 0 Å². The second-order valence-corrected chi connectivity index (χ2v) is 9.85. The SMILES string of the molecule is CN(C)Cc1cccc2ccc3c(c12)Oc1c(ccc2ccccc12)C31C(=O)Nc2ccc(F)cc21. The van der Waals surface area contributed by atoms with Crippen molar-refractivity contribution in [2.75, 3.05) is 19.4 Å². The second-order valence-electron chi connectivity index (χ2n) is 9.85. The number of amides is 1. The summed E-state index contributed by atoms with van der Waals surface area (Å²) in [6, 6.07) is 26.7. The minimum absolute atomic E-state index is 0.200. The van der Waals surface area contributed by atoms with Crippen LogP contribution in [0.15, 0.2) is 84.9 Å². The molecule has 0 saturated carbocycles.